The number of aromatic nitrogens is 4. The van der Waals surface area contributed by atoms with Crippen molar-refractivity contribution in [2.45, 2.75) is 0 Å². The standard InChI is InChI=1S/C40H24N4S/c1-3-10-25(11-4-1)32-24-33(26-12-5-2-6-13-26)44-40(43-32)30-16-8-18-35-37(30)36-29(15-7-17-34(36)45-35)31-22-21-28-20-19-27-14-9-23-41-38(27)39(28)42-31/h1-24H. The highest BCUT2D eigenvalue weighted by Gasteiger charge is 2.19. The molecule has 0 fully saturated rings. The van der Waals surface area contributed by atoms with E-state index in [1.165, 1.54) is 14.8 Å². The third-order valence-corrected chi connectivity index (χ3v) is 9.46. The first kappa shape index (κ1) is 25.7. The lowest BCUT2D eigenvalue weighted by molar-refractivity contribution is 1.19. The fraction of sp³-hybridized carbons (Fsp3) is 0. The minimum absolute atomic E-state index is 0.706. The van der Waals surface area contributed by atoms with Crippen molar-refractivity contribution in [1.82, 2.24) is 19.9 Å². The minimum atomic E-state index is 0.706. The highest BCUT2D eigenvalue weighted by molar-refractivity contribution is 7.26. The molecule has 0 bridgehead atoms. The Balaban J connectivity index is 1.32. The Morgan fingerprint density at radius 2 is 1.02 bits per heavy atom. The van der Waals surface area contributed by atoms with Crippen LogP contribution in [0.3, 0.4) is 0 Å². The molecule has 9 rings (SSSR count). The zero-order valence-corrected chi connectivity index (χ0v) is 24.9. The van der Waals surface area contributed by atoms with Crippen molar-refractivity contribution in [2.24, 2.45) is 0 Å². The lowest BCUT2D eigenvalue weighted by Gasteiger charge is -2.11. The summed E-state index contributed by atoms with van der Waals surface area (Å²) in [6.45, 7) is 0. The zero-order chi connectivity index (χ0) is 29.7. The van der Waals surface area contributed by atoms with Crippen molar-refractivity contribution >= 4 is 53.3 Å². The predicted octanol–water partition coefficient (Wildman–Crippen LogP) is 10.6. The van der Waals surface area contributed by atoms with Crippen LogP contribution in [0.5, 0.6) is 0 Å². The van der Waals surface area contributed by atoms with E-state index in [0.29, 0.717) is 5.82 Å². The van der Waals surface area contributed by atoms with Crippen LogP contribution in [-0.4, -0.2) is 19.9 Å². The van der Waals surface area contributed by atoms with Crippen molar-refractivity contribution in [2.75, 3.05) is 0 Å². The van der Waals surface area contributed by atoms with Gasteiger partial charge in [0.05, 0.1) is 28.1 Å². The first-order valence-corrected chi connectivity index (χ1v) is 15.7. The summed E-state index contributed by atoms with van der Waals surface area (Å²) in [6.07, 6.45) is 1.84. The van der Waals surface area contributed by atoms with Crippen LogP contribution in [0, 0.1) is 0 Å². The molecule has 5 aromatic carbocycles. The summed E-state index contributed by atoms with van der Waals surface area (Å²) < 4.78 is 2.40. The Bertz CT molecular complexity index is 2480. The van der Waals surface area contributed by atoms with Crippen LogP contribution < -0.4 is 0 Å². The summed E-state index contributed by atoms with van der Waals surface area (Å²) in [5.74, 6) is 0.706. The van der Waals surface area contributed by atoms with Gasteiger partial charge >= 0.3 is 0 Å². The van der Waals surface area contributed by atoms with E-state index in [2.05, 4.69) is 102 Å². The van der Waals surface area contributed by atoms with Crippen LogP contribution in [-0.2, 0) is 0 Å². The van der Waals surface area contributed by atoms with Crippen LogP contribution in [0.15, 0.2) is 146 Å². The maximum Gasteiger partial charge on any atom is 0.161 e. The number of nitrogens with zero attached hydrogens (tertiary/aromatic N) is 4. The van der Waals surface area contributed by atoms with Gasteiger partial charge in [-0.1, -0.05) is 109 Å². The molecule has 0 saturated heterocycles. The Kier molecular flexibility index (Phi) is 5.96. The quantitative estimate of drug-likeness (QED) is 0.191. The van der Waals surface area contributed by atoms with Gasteiger partial charge < -0.3 is 0 Å². The molecule has 4 heterocycles. The van der Waals surface area contributed by atoms with Crippen LogP contribution in [0.25, 0.3) is 87.1 Å². The van der Waals surface area contributed by atoms with Gasteiger partial charge in [0.15, 0.2) is 5.82 Å². The van der Waals surface area contributed by atoms with Crippen molar-refractivity contribution in [3.63, 3.8) is 0 Å². The summed E-state index contributed by atoms with van der Waals surface area (Å²) in [5, 5.41) is 4.48. The average molecular weight is 593 g/mol. The second-order valence-electron chi connectivity index (χ2n) is 11.1. The molecule has 0 aliphatic carbocycles. The van der Waals surface area contributed by atoms with E-state index in [1.807, 2.05) is 48.7 Å². The Hall–Kier alpha value is -5.78. The number of hydrogen-bond donors (Lipinski definition) is 0. The highest BCUT2D eigenvalue weighted by atomic mass is 32.1. The number of rotatable bonds is 4. The van der Waals surface area contributed by atoms with Crippen LogP contribution >= 0.6 is 11.3 Å². The van der Waals surface area contributed by atoms with Gasteiger partial charge in [-0.15, -0.1) is 11.3 Å². The fourth-order valence-electron chi connectivity index (χ4n) is 6.22. The molecule has 0 atom stereocenters. The monoisotopic (exact) mass is 592 g/mol. The summed E-state index contributed by atoms with van der Waals surface area (Å²) >= 11 is 1.79. The van der Waals surface area contributed by atoms with Crippen molar-refractivity contribution in [1.29, 1.82) is 0 Å². The maximum absolute atomic E-state index is 5.23. The van der Waals surface area contributed by atoms with Gasteiger partial charge in [0.25, 0.3) is 0 Å². The van der Waals surface area contributed by atoms with Crippen LogP contribution in [0.4, 0.5) is 0 Å². The summed E-state index contributed by atoms with van der Waals surface area (Å²) in [6, 6.07) is 48.3. The number of thiophene rings is 1. The highest BCUT2D eigenvalue weighted by Crippen LogP contribution is 2.44. The van der Waals surface area contributed by atoms with E-state index in [0.717, 1.165) is 66.5 Å². The molecule has 0 aliphatic rings. The minimum Gasteiger partial charge on any atom is -0.254 e. The molecule has 4 nitrogen and oxygen atoms in total. The largest absolute Gasteiger partial charge is 0.254 e. The lowest BCUT2D eigenvalue weighted by atomic mass is 9.98. The molecule has 210 valence electrons. The number of pyridine rings is 2. The Labute approximate surface area is 263 Å². The Morgan fingerprint density at radius 3 is 1.71 bits per heavy atom. The molecule has 9 aromatic rings. The molecular weight excluding hydrogens is 569 g/mol. The molecule has 0 saturated carbocycles. The van der Waals surface area contributed by atoms with E-state index in [-0.39, 0.29) is 0 Å². The third kappa shape index (κ3) is 4.36. The van der Waals surface area contributed by atoms with Crippen LogP contribution in [0.1, 0.15) is 0 Å². The van der Waals surface area contributed by atoms with Gasteiger partial charge in [-0.3, -0.25) is 4.98 Å². The molecule has 45 heavy (non-hydrogen) atoms. The SMILES string of the molecule is c1ccc(-c2cc(-c3ccccc3)nc(-c3cccc4sc5cccc(-c6ccc7ccc8cccnc8c7n6)c5c34)n2)cc1. The molecule has 5 heteroatoms. The van der Waals surface area contributed by atoms with Gasteiger partial charge in [-0.05, 0) is 30.3 Å². The smallest absolute Gasteiger partial charge is 0.161 e. The molecular formula is C40H24N4S. The third-order valence-electron chi connectivity index (χ3n) is 8.34. The summed E-state index contributed by atoms with van der Waals surface area (Å²) in [7, 11) is 0. The first-order valence-electron chi connectivity index (χ1n) is 14.9. The van der Waals surface area contributed by atoms with Crippen molar-refractivity contribution in [3.8, 4) is 45.2 Å². The van der Waals surface area contributed by atoms with Gasteiger partial charge in [-0.25, -0.2) is 15.0 Å². The average Bonchev–Trinajstić information content (AvgIpc) is 3.51. The van der Waals surface area contributed by atoms with E-state index < -0.39 is 0 Å². The maximum atomic E-state index is 5.23. The number of hydrogen-bond acceptors (Lipinski definition) is 5. The molecule has 4 aromatic heterocycles. The Morgan fingerprint density at radius 1 is 0.422 bits per heavy atom. The molecule has 0 spiro atoms. The zero-order valence-electron chi connectivity index (χ0n) is 24.1. The van der Waals surface area contributed by atoms with Gasteiger partial charge in [0, 0.05) is 59.4 Å². The topological polar surface area (TPSA) is 51.6 Å². The second kappa shape index (κ2) is 10.4. The molecule has 0 amide bonds. The second-order valence-corrected chi connectivity index (χ2v) is 12.1. The molecule has 0 aliphatic heterocycles. The lowest BCUT2D eigenvalue weighted by Crippen LogP contribution is -1.96. The molecule has 0 unspecified atom stereocenters. The summed E-state index contributed by atoms with van der Waals surface area (Å²) in [4.78, 5) is 20.3. The number of benzene rings is 5. The van der Waals surface area contributed by atoms with Gasteiger partial charge in [0.1, 0.15) is 0 Å². The number of fused-ring (bicyclic) bond motifs is 6. The van der Waals surface area contributed by atoms with Crippen molar-refractivity contribution in [3.05, 3.63) is 146 Å². The molecule has 0 N–H and O–H groups in total. The molecule has 0 radical (unpaired) electrons. The summed E-state index contributed by atoms with van der Waals surface area (Å²) in [5.41, 5.74) is 8.75. The predicted molar refractivity (Wildman–Crippen MR) is 187 cm³/mol. The van der Waals surface area contributed by atoms with Gasteiger partial charge in [-0.2, -0.15) is 0 Å². The van der Waals surface area contributed by atoms with E-state index in [1.54, 1.807) is 11.3 Å². The van der Waals surface area contributed by atoms with E-state index in [9.17, 15) is 0 Å². The van der Waals surface area contributed by atoms with Gasteiger partial charge in [0.2, 0.25) is 0 Å². The van der Waals surface area contributed by atoms with E-state index >= 15 is 0 Å². The normalized spacial score (nSPS) is 11.6. The van der Waals surface area contributed by atoms with Crippen molar-refractivity contribution < 1.29 is 0 Å². The van der Waals surface area contributed by atoms with E-state index in [4.69, 9.17) is 15.0 Å². The van der Waals surface area contributed by atoms with Crippen LogP contribution in [0.2, 0.25) is 0 Å². The first-order chi connectivity index (χ1) is 22.3. The fourth-order valence-corrected chi connectivity index (χ4v) is 7.38.